The number of halogens is 1. The fraction of sp³-hybridized carbons (Fsp3) is 0.533. The van der Waals surface area contributed by atoms with Crippen LogP contribution >= 0.6 is 0 Å². The molecule has 0 fully saturated rings. The summed E-state index contributed by atoms with van der Waals surface area (Å²) in [5, 5.41) is 3.02. The van der Waals surface area contributed by atoms with Gasteiger partial charge in [0.1, 0.15) is 5.82 Å². The molecule has 0 bridgehead atoms. The third kappa shape index (κ3) is 5.73. The number of hydrogen-bond acceptors (Lipinski definition) is 2. The van der Waals surface area contributed by atoms with Gasteiger partial charge < -0.3 is 11.1 Å². The molecule has 0 aliphatic rings. The number of unbranched alkanes of at least 4 members (excludes halogenated alkanes) is 5. The lowest BCUT2D eigenvalue weighted by Crippen LogP contribution is -2.12. The zero-order valence-electron chi connectivity index (χ0n) is 11.5. The van der Waals surface area contributed by atoms with E-state index in [9.17, 15) is 9.18 Å². The second-order valence-electron chi connectivity index (χ2n) is 4.75. The lowest BCUT2D eigenvalue weighted by molar-refractivity contribution is 0.100. The zero-order valence-corrected chi connectivity index (χ0v) is 11.5. The van der Waals surface area contributed by atoms with Gasteiger partial charge in [0.2, 0.25) is 5.91 Å². The molecule has 1 aromatic rings. The minimum absolute atomic E-state index is 0.326. The Bertz CT molecular complexity index is 407. The van der Waals surface area contributed by atoms with Gasteiger partial charge >= 0.3 is 0 Å². The van der Waals surface area contributed by atoms with Crippen molar-refractivity contribution in [2.75, 3.05) is 11.9 Å². The third-order valence-electron chi connectivity index (χ3n) is 3.10. The van der Waals surface area contributed by atoms with Gasteiger partial charge in [0.05, 0.1) is 5.69 Å². The average Bonchev–Trinajstić information content (AvgIpc) is 2.39. The van der Waals surface area contributed by atoms with Crippen LogP contribution in [0.3, 0.4) is 0 Å². The van der Waals surface area contributed by atoms with E-state index >= 15 is 0 Å². The van der Waals surface area contributed by atoms with Crippen LogP contribution in [0.25, 0.3) is 0 Å². The standard InChI is InChI=1S/C15H23FN2O/c1-2-3-4-5-6-7-10-18-14-11-12(15(17)19)8-9-13(14)16/h8-9,11,18H,2-7,10H2,1H3,(H2,17,19). The minimum atomic E-state index is -0.539. The van der Waals surface area contributed by atoms with Gasteiger partial charge in [0, 0.05) is 12.1 Å². The van der Waals surface area contributed by atoms with Crippen LogP contribution in [0.5, 0.6) is 0 Å². The Kier molecular flexibility index (Phi) is 6.93. The Morgan fingerprint density at radius 3 is 2.58 bits per heavy atom. The van der Waals surface area contributed by atoms with Crippen molar-refractivity contribution in [1.82, 2.24) is 0 Å². The number of amides is 1. The molecular weight excluding hydrogens is 243 g/mol. The topological polar surface area (TPSA) is 55.1 Å². The largest absolute Gasteiger partial charge is 0.383 e. The molecule has 1 rings (SSSR count). The molecule has 19 heavy (non-hydrogen) atoms. The molecule has 0 saturated heterocycles. The lowest BCUT2D eigenvalue weighted by atomic mass is 10.1. The molecule has 0 atom stereocenters. The van der Waals surface area contributed by atoms with Crippen molar-refractivity contribution in [3.63, 3.8) is 0 Å². The Labute approximate surface area is 114 Å². The fourth-order valence-corrected chi connectivity index (χ4v) is 1.94. The van der Waals surface area contributed by atoms with Crippen molar-refractivity contribution in [3.05, 3.63) is 29.6 Å². The van der Waals surface area contributed by atoms with E-state index in [1.54, 1.807) is 0 Å². The van der Waals surface area contributed by atoms with Gasteiger partial charge in [-0.15, -0.1) is 0 Å². The molecule has 0 radical (unpaired) electrons. The number of nitrogens with one attached hydrogen (secondary N) is 1. The SMILES string of the molecule is CCCCCCCCNc1cc(C(N)=O)ccc1F. The summed E-state index contributed by atoms with van der Waals surface area (Å²) in [7, 11) is 0. The van der Waals surface area contributed by atoms with Crippen LogP contribution in [-0.4, -0.2) is 12.5 Å². The number of rotatable bonds is 9. The predicted molar refractivity (Wildman–Crippen MR) is 76.8 cm³/mol. The Hall–Kier alpha value is -1.58. The van der Waals surface area contributed by atoms with Crippen LogP contribution in [0, 0.1) is 5.82 Å². The van der Waals surface area contributed by atoms with E-state index in [2.05, 4.69) is 12.2 Å². The smallest absolute Gasteiger partial charge is 0.248 e. The second-order valence-corrected chi connectivity index (χ2v) is 4.75. The van der Waals surface area contributed by atoms with Crippen LogP contribution in [0.15, 0.2) is 18.2 Å². The van der Waals surface area contributed by atoms with Crippen molar-refractivity contribution in [3.8, 4) is 0 Å². The van der Waals surface area contributed by atoms with E-state index < -0.39 is 5.91 Å². The summed E-state index contributed by atoms with van der Waals surface area (Å²) in [6.07, 6.45) is 7.15. The minimum Gasteiger partial charge on any atom is -0.383 e. The lowest BCUT2D eigenvalue weighted by Gasteiger charge is -2.08. The van der Waals surface area contributed by atoms with Crippen LogP contribution in [-0.2, 0) is 0 Å². The Morgan fingerprint density at radius 2 is 1.89 bits per heavy atom. The predicted octanol–water partition coefficient (Wildman–Crippen LogP) is 3.70. The van der Waals surface area contributed by atoms with E-state index in [1.165, 1.54) is 43.9 Å². The first-order valence-corrected chi connectivity index (χ1v) is 6.98. The highest BCUT2D eigenvalue weighted by atomic mass is 19.1. The van der Waals surface area contributed by atoms with Gasteiger partial charge in [0.15, 0.2) is 0 Å². The molecular formula is C15H23FN2O. The number of hydrogen-bond donors (Lipinski definition) is 2. The average molecular weight is 266 g/mol. The van der Waals surface area contributed by atoms with Crippen molar-refractivity contribution in [2.45, 2.75) is 45.4 Å². The Morgan fingerprint density at radius 1 is 1.21 bits per heavy atom. The summed E-state index contributed by atoms with van der Waals surface area (Å²) in [6.45, 7) is 2.90. The highest BCUT2D eigenvalue weighted by Crippen LogP contribution is 2.16. The van der Waals surface area contributed by atoms with Gasteiger partial charge in [-0.05, 0) is 24.6 Å². The van der Waals surface area contributed by atoms with Crippen molar-refractivity contribution in [2.24, 2.45) is 5.73 Å². The monoisotopic (exact) mass is 266 g/mol. The molecule has 3 nitrogen and oxygen atoms in total. The molecule has 4 heteroatoms. The zero-order chi connectivity index (χ0) is 14.1. The van der Waals surface area contributed by atoms with Gasteiger partial charge in [-0.25, -0.2) is 4.39 Å². The van der Waals surface area contributed by atoms with Crippen LogP contribution in [0.4, 0.5) is 10.1 Å². The molecule has 106 valence electrons. The summed E-state index contributed by atoms with van der Waals surface area (Å²) in [5.74, 6) is -0.890. The normalized spacial score (nSPS) is 10.4. The third-order valence-corrected chi connectivity index (χ3v) is 3.10. The summed E-state index contributed by atoms with van der Waals surface area (Å²) in [6, 6.07) is 4.13. The molecule has 1 amide bonds. The number of primary amides is 1. The molecule has 3 N–H and O–H groups in total. The van der Waals surface area contributed by atoms with Crippen molar-refractivity contribution >= 4 is 11.6 Å². The maximum Gasteiger partial charge on any atom is 0.248 e. The first-order chi connectivity index (χ1) is 9.15. The molecule has 0 saturated carbocycles. The molecule has 1 aromatic carbocycles. The molecule has 0 aliphatic heterocycles. The van der Waals surface area contributed by atoms with E-state index in [0.717, 1.165) is 12.8 Å². The van der Waals surface area contributed by atoms with Crippen molar-refractivity contribution < 1.29 is 9.18 Å². The first kappa shape index (κ1) is 15.5. The van der Waals surface area contributed by atoms with Gasteiger partial charge in [-0.2, -0.15) is 0 Å². The molecule has 0 unspecified atom stereocenters. The summed E-state index contributed by atoms with van der Waals surface area (Å²) in [4.78, 5) is 11.0. The van der Waals surface area contributed by atoms with E-state index in [0.29, 0.717) is 17.8 Å². The number of nitrogens with two attached hydrogens (primary N) is 1. The highest BCUT2D eigenvalue weighted by molar-refractivity contribution is 5.93. The summed E-state index contributed by atoms with van der Waals surface area (Å²) in [5.41, 5.74) is 5.84. The number of benzene rings is 1. The van der Waals surface area contributed by atoms with Gasteiger partial charge in [0.25, 0.3) is 0 Å². The van der Waals surface area contributed by atoms with E-state index in [1.807, 2.05) is 0 Å². The number of carbonyl (C=O) groups is 1. The van der Waals surface area contributed by atoms with Gasteiger partial charge in [-0.3, -0.25) is 4.79 Å². The van der Waals surface area contributed by atoms with E-state index in [4.69, 9.17) is 5.73 Å². The summed E-state index contributed by atoms with van der Waals surface area (Å²) < 4.78 is 13.5. The quantitative estimate of drug-likeness (QED) is 0.670. The molecule has 0 heterocycles. The van der Waals surface area contributed by atoms with Crippen LogP contribution in [0.2, 0.25) is 0 Å². The maximum atomic E-state index is 13.5. The highest BCUT2D eigenvalue weighted by Gasteiger charge is 2.06. The Balaban J connectivity index is 2.32. The summed E-state index contributed by atoms with van der Waals surface area (Å²) >= 11 is 0. The number of carbonyl (C=O) groups excluding carboxylic acids is 1. The first-order valence-electron chi connectivity index (χ1n) is 6.98. The van der Waals surface area contributed by atoms with Crippen LogP contribution in [0.1, 0.15) is 55.8 Å². The van der Waals surface area contributed by atoms with E-state index in [-0.39, 0.29) is 5.82 Å². The van der Waals surface area contributed by atoms with Crippen molar-refractivity contribution in [1.29, 1.82) is 0 Å². The second kappa shape index (κ2) is 8.51. The number of anilines is 1. The van der Waals surface area contributed by atoms with Crippen LogP contribution < -0.4 is 11.1 Å². The van der Waals surface area contributed by atoms with Gasteiger partial charge in [-0.1, -0.05) is 39.0 Å². The molecule has 0 spiro atoms. The molecule has 0 aromatic heterocycles. The molecule has 0 aliphatic carbocycles. The fourth-order valence-electron chi connectivity index (χ4n) is 1.94. The maximum absolute atomic E-state index is 13.5.